The number of nitrogens with zero attached hydrogens (tertiary/aromatic N) is 1. The van der Waals surface area contributed by atoms with Gasteiger partial charge in [0.05, 0.1) is 0 Å². The van der Waals surface area contributed by atoms with E-state index in [4.69, 9.17) is 35.4 Å². The molecule has 3 aromatic rings. The fraction of sp³-hybridized carbons (Fsp3) is 0.0952. The Balaban J connectivity index is 1.85. The van der Waals surface area contributed by atoms with E-state index in [0.717, 1.165) is 27.7 Å². The zero-order valence-electron chi connectivity index (χ0n) is 15.3. The van der Waals surface area contributed by atoms with Crippen molar-refractivity contribution in [2.24, 2.45) is 0 Å². The number of hydrogen-bond donors (Lipinski definition) is 2. The highest BCUT2D eigenvalue weighted by molar-refractivity contribution is 7.80. The van der Waals surface area contributed by atoms with Crippen LogP contribution in [-0.2, 0) is 16.1 Å². The molecule has 1 fully saturated rings. The molecule has 0 spiro atoms. The molecule has 1 aliphatic rings. The Labute approximate surface area is 182 Å². The number of thiocarbonyl (C=S) groups is 1. The molecule has 0 atom stereocenters. The lowest BCUT2D eigenvalue weighted by Crippen LogP contribution is -2.51. The Morgan fingerprint density at radius 2 is 1.76 bits per heavy atom. The number of para-hydroxylation sites is 1. The first kappa shape index (κ1) is 19.6. The first-order valence-corrected chi connectivity index (χ1v) is 9.91. The predicted molar refractivity (Wildman–Crippen MR) is 119 cm³/mol. The van der Waals surface area contributed by atoms with Crippen LogP contribution in [-0.4, -0.2) is 21.5 Å². The van der Waals surface area contributed by atoms with E-state index in [-0.39, 0.29) is 10.7 Å². The lowest BCUT2D eigenvalue weighted by molar-refractivity contribution is -0.123. The molecule has 8 heteroatoms. The minimum atomic E-state index is -0.518. The first-order valence-electron chi connectivity index (χ1n) is 8.75. The van der Waals surface area contributed by atoms with Crippen LogP contribution in [0.4, 0.5) is 0 Å². The van der Waals surface area contributed by atoms with E-state index in [0.29, 0.717) is 16.6 Å². The average Bonchev–Trinajstić information content (AvgIpc) is 2.92. The molecule has 1 aromatic heterocycles. The quantitative estimate of drug-likeness (QED) is 0.361. The van der Waals surface area contributed by atoms with Gasteiger partial charge in [-0.25, -0.2) is 0 Å². The Bertz CT molecular complexity index is 1210. The zero-order chi connectivity index (χ0) is 20.7. The minimum Gasteiger partial charge on any atom is -0.340 e. The van der Waals surface area contributed by atoms with E-state index in [1.807, 2.05) is 37.3 Å². The van der Waals surface area contributed by atoms with Crippen molar-refractivity contribution in [2.45, 2.75) is 13.5 Å². The number of carbonyl (C=O) groups excluding carboxylic acids is 2. The number of nitrogens with one attached hydrogen (secondary N) is 2. The fourth-order valence-electron chi connectivity index (χ4n) is 3.41. The lowest BCUT2D eigenvalue weighted by atomic mass is 10.1. The summed E-state index contributed by atoms with van der Waals surface area (Å²) in [6, 6.07) is 13.2. The molecule has 0 aliphatic carbocycles. The summed E-state index contributed by atoms with van der Waals surface area (Å²) in [4.78, 5) is 24.6. The van der Waals surface area contributed by atoms with Crippen molar-refractivity contribution in [1.82, 2.24) is 15.2 Å². The summed E-state index contributed by atoms with van der Waals surface area (Å²) in [7, 11) is 0. The van der Waals surface area contributed by atoms with Crippen molar-refractivity contribution >= 4 is 69.3 Å². The van der Waals surface area contributed by atoms with Gasteiger partial charge in [-0.3, -0.25) is 20.2 Å². The fourth-order valence-corrected chi connectivity index (χ4v) is 4.07. The molecule has 2 N–H and O–H groups in total. The predicted octanol–water partition coefficient (Wildman–Crippen LogP) is 4.22. The van der Waals surface area contributed by atoms with E-state index < -0.39 is 11.8 Å². The van der Waals surface area contributed by atoms with E-state index in [1.165, 1.54) is 0 Å². The van der Waals surface area contributed by atoms with Gasteiger partial charge in [0.2, 0.25) is 0 Å². The Kier molecular flexibility index (Phi) is 5.17. The molecule has 4 rings (SSSR count). The van der Waals surface area contributed by atoms with Gasteiger partial charge < -0.3 is 4.57 Å². The Morgan fingerprint density at radius 3 is 2.45 bits per heavy atom. The van der Waals surface area contributed by atoms with Crippen LogP contribution < -0.4 is 10.6 Å². The second-order valence-electron chi connectivity index (χ2n) is 6.63. The third-order valence-electron chi connectivity index (χ3n) is 4.86. The molecule has 146 valence electrons. The van der Waals surface area contributed by atoms with Gasteiger partial charge in [0, 0.05) is 38.8 Å². The van der Waals surface area contributed by atoms with Crippen LogP contribution in [0.25, 0.3) is 17.0 Å². The zero-order valence-corrected chi connectivity index (χ0v) is 17.6. The van der Waals surface area contributed by atoms with Crippen molar-refractivity contribution in [2.75, 3.05) is 0 Å². The Morgan fingerprint density at radius 1 is 1.07 bits per heavy atom. The molecule has 5 nitrogen and oxygen atoms in total. The van der Waals surface area contributed by atoms with Crippen molar-refractivity contribution in [3.63, 3.8) is 0 Å². The Hall–Kier alpha value is -2.67. The van der Waals surface area contributed by atoms with Crippen LogP contribution in [0, 0.1) is 6.92 Å². The molecule has 2 aromatic carbocycles. The molecule has 1 aliphatic heterocycles. The maximum atomic E-state index is 12.3. The van der Waals surface area contributed by atoms with Crippen LogP contribution in [0.2, 0.25) is 10.0 Å². The number of halogens is 2. The van der Waals surface area contributed by atoms with Crippen LogP contribution in [0.1, 0.15) is 16.8 Å². The summed E-state index contributed by atoms with van der Waals surface area (Å²) < 4.78 is 2.10. The molecule has 29 heavy (non-hydrogen) atoms. The average molecular weight is 444 g/mol. The molecule has 2 heterocycles. The summed E-state index contributed by atoms with van der Waals surface area (Å²) in [6.07, 6.45) is 1.60. The number of amides is 2. The molecule has 2 amide bonds. The van der Waals surface area contributed by atoms with Crippen molar-refractivity contribution in [3.05, 3.63) is 74.9 Å². The van der Waals surface area contributed by atoms with Crippen molar-refractivity contribution in [1.29, 1.82) is 0 Å². The summed E-state index contributed by atoms with van der Waals surface area (Å²) in [5.74, 6) is -1.04. The number of aromatic nitrogens is 1. The smallest absolute Gasteiger partial charge is 0.263 e. The minimum absolute atomic E-state index is 0.00804. The van der Waals surface area contributed by atoms with Gasteiger partial charge in [0.25, 0.3) is 11.8 Å². The van der Waals surface area contributed by atoms with Crippen LogP contribution in [0.3, 0.4) is 0 Å². The highest BCUT2D eigenvalue weighted by Crippen LogP contribution is 2.30. The molecule has 0 unspecified atom stereocenters. The second kappa shape index (κ2) is 7.63. The van der Waals surface area contributed by atoms with Gasteiger partial charge in [0.1, 0.15) is 5.57 Å². The third-order valence-corrected chi connectivity index (χ3v) is 5.65. The van der Waals surface area contributed by atoms with E-state index in [9.17, 15) is 9.59 Å². The van der Waals surface area contributed by atoms with Crippen molar-refractivity contribution in [3.8, 4) is 0 Å². The number of hydrogen-bond acceptors (Lipinski definition) is 3. The molecule has 0 radical (unpaired) electrons. The normalized spacial score (nSPS) is 14.2. The maximum Gasteiger partial charge on any atom is 0.263 e. The third kappa shape index (κ3) is 3.67. The second-order valence-corrected chi connectivity index (χ2v) is 7.89. The van der Waals surface area contributed by atoms with Gasteiger partial charge in [-0.15, -0.1) is 0 Å². The van der Waals surface area contributed by atoms with E-state index in [1.54, 1.807) is 18.2 Å². The van der Waals surface area contributed by atoms with Crippen LogP contribution in [0.15, 0.2) is 48.0 Å². The summed E-state index contributed by atoms with van der Waals surface area (Å²) >= 11 is 17.2. The monoisotopic (exact) mass is 443 g/mol. The van der Waals surface area contributed by atoms with Gasteiger partial charge in [-0.2, -0.15) is 0 Å². The lowest BCUT2D eigenvalue weighted by Gasteiger charge is -2.16. The molecule has 1 saturated heterocycles. The largest absolute Gasteiger partial charge is 0.340 e. The highest BCUT2D eigenvalue weighted by atomic mass is 35.5. The first-order chi connectivity index (χ1) is 13.8. The highest BCUT2D eigenvalue weighted by Gasteiger charge is 2.27. The van der Waals surface area contributed by atoms with Crippen LogP contribution >= 0.6 is 35.4 Å². The molecular formula is C21H15Cl2N3O2S. The van der Waals surface area contributed by atoms with Gasteiger partial charge in [-0.1, -0.05) is 47.5 Å². The van der Waals surface area contributed by atoms with Crippen molar-refractivity contribution < 1.29 is 9.59 Å². The van der Waals surface area contributed by atoms with E-state index >= 15 is 0 Å². The summed E-state index contributed by atoms with van der Waals surface area (Å²) in [6.45, 7) is 2.47. The van der Waals surface area contributed by atoms with Gasteiger partial charge in [0.15, 0.2) is 5.11 Å². The van der Waals surface area contributed by atoms with Gasteiger partial charge >= 0.3 is 0 Å². The maximum absolute atomic E-state index is 12.3. The number of rotatable bonds is 3. The standard InChI is InChI=1S/C21H15Cl2N3O2S/c1-11-15(9-16-19(27)24-21(29)25-20(16)28)14-4-2-3-5-18(14)26(11)10-12-6-7-13(22)8-17(12)23/h2-9H,10H2,1H3,(H2,24,25,27,28,29). The molecule has 0 saturated carbocycles. The topological polar surface area (TPSA) is 63.1 Å². The molecular weight excluding hydrogens is 429 g/mol. The van der Waals surface area contributed by atoms with Gasteiger partial charge in [-0.05, 0) is 49.0 Å². The number of carbonyl (C=O) groups is 2. The number of benzene rings is 2. The summed E-state index contributed by atoms with van der Waals surface area (Å²) in [5.41, 5.74) is 3.58. The number of fused-ring (bicyclic) bond motifs is 1. The van der Waals surface area contributed by atoms with E-state index in [2.05, 4.69) is 15.2 Å². The SMILES string of the molecule is Cc1c(C=C2C(=O)NC(=S)NC2=O)c2ccccc2n1Cc1ccc(Cl)cc1Cl. The van der Waals surface area contributed by atoms with Crippen LogP contribution in [0.5, 0.6) is 0 Å². The molecule has 0 bridgehead atoms. The summed E-state index contributed by atoms with van der Waals surface area (Å²) in [5, 5.41) is 7.01.